The molecule has 0 radical (unpaired) electrons. The Bertz CT molecular complexity index is 1190. The van der Waals surface area contributed by atoms with Gasteiger partial charge in [0.25, 0.3) is 0 Å². The number of hydrogen-bond donors (Lipinski definition) is 2. The lowest BCUT2D eigenvalue weighted by Crippen LogP contribution is -2.49. The molecular weight excluding hydrogens is 590 g/mol. The van der Waals surface area contributed by atoms with Gasteiger partial charge in [-0.2, -0.15) is 0 Å². The largest absolute Gasteiger partial charge is 0.383 e. The van der Waals surface area contributed by atoms with E-state index >= 15 is 0 Å². The molecule has 0 aliphatic heterocycles. The predicted octanol–water partition coefficient (Wildman–Crippen LogP) is 7.44. The Kier molecular flexibility index (Phi) is 18.6. The Morgan fingerprint density at radius 1 is 0.596 bits per heavy atom. The van der Waals surface area contributed by atoms with Gasteiger partial charge in [0, 0.05) is 58.5 Å². The van der Waals surface area contributed by atoms with Gasteiger partial charge in [0.15, 0.2) is 17.3 Å². The van der Waals surface area contributed by atoms with E-state index in [-0.39, 0.29) is 77.6 Å². The lowest BCUT2D eigenvalue weighted by molar-refractivity contribution is -0.133. The van der Waals surface area contributed by atoms with Crippen LogP contribution in [0.5, 0.6) is 0 Å². The van der Waals surface area contributed by atoms with Crippen LogP contribution < -0.4 is 10.6 Å². The number of carbonyl (C=O) groups excluding carboxylic acids is 5. The minimum Gasteiger partial charge on any atom is -0.383 e. The van der Waals surface area contributed by atoms with E-state index in [1.54, 1.807) is 18.2 Å². The number of Topliss-reactive ketones (excluding diaryl/α,β-unsaturated/α-hetero) is 5. The van der Waals surface area contributed by atoms with Crippen molar-refractivity contribution in [3.8, 4) is 0 Å². The maximum Gasteiger partial charge on any atom is 0.165 e. The number of ketones is 5. The summed E-state index contributed by atoms with van der Waals surface area (Å²) in [7, 11) is 0. The van der Waals surface area contributed by atoms with Crippen molar-refractivity contribution in [2.24, 2.45) is 29.6 Å². The highest BCUT2D eigenvalue weighted by atomic mass is 16.1. The van der Waals surface area contributed by atoms with Crippen molar-refractivity contribution in [2.45, 2.75) is 133 Å². The molecule has 0 bridgehead atoms. The molecule has 0 aromatic heterocycles. The van der Waals surface area contributed by atoms with Crippen LogP contribution >= 0.6 is 0 Å². The molecule has 47 heavy (non-hydrogen) atoms. The molecule has 0 heterocycles. The van der Waals surface area contributed by atoms with Crippen molar-refractivity contribution in [3.63, 3.8) is 0 Å². The molecule has 0 spiro atoms. The molecule has 2 N–H and O–H groups in total. The summed E-state index contributed by atoms with van der Waals surface area (Å²) in [6.45, 7) is 24.0. The van der Waals surface area contributed by atoms with Crippen molar-refractivity contribution < 1.29 is 24.0 Å². The summed E-state index contributed by atoms with van der Waals surface area (Å²) in [6, 6.07) is 5.33. The zero-order chi connectivity index (χ0) is 36.0. The van der Waals surface area contributed by atoms with Crippen molar-refractivity contribution in [3.05, 3.63) is 29.3 Å². The highest BCUT2D eigenvalue weighted by Crippen LogP contribution is 2.24. The average Bonchev–Trinajstić information content (AvgIpc) is 2.98. The first kappa shape index (κ1) is 42.3. The molecule has 0 saturated heterocycles. The highest BCUT2D eigenvalue weighted by molar-refractivity contribution is 6.04. The van der Waals surface area contributed by atoms with Gasteiger partial charge < -0.3 is 10.6 Å². The summed E-state index contributed by atoms with van der Waals surface area (Å²) in [5.74, 6) is -1.34. The van der Waals surface area contributed by atoms with Crippen molar-refractivity contribution in [2.75, 3.05) is 25.0 Å². The van der Waals surface area contributed by atoms with Gasteiger partial charge in [0.05, 0.1) is 19.1 Å². The fourth-order valence-corrected chi connectivity index (χ4v) is 5.50. The van der Waals surface area contributed by atoms with Crippen LogP contribution in [0.15, 0.2) is 18.2 Å². The second kappa shape index (κ2) is 20.6. The third-order valence-corrected chi connectivity index (χ3v) is 8.67. The zero-order valence-corrected chi connectivity index (χ0v) is 31.5. The minimum absolute atomic E-state index is 0.0113. The SMILES string of the molecule is CC(C)NCCCCC(C(=O)C(C)C)N(CC(=O)C(C)C)CC(=O)C(C)CCC(C)C(=O)c1cc(NC(C)C)cc(C(=O)C(C)C)c1. The van der Waals surface area contributed by atoms with Gasteiger partial charge in [-0.1, -0.05) is 75.7 Å². The molecule has 266 valence electrons. The molecular formula is C39H65N3O5. The lowest BCUT2D eigenvalue weighted by atomic mass is 9.88. The highest BCUT2D eigenvalue weighted by Gasteiger charge is 2.32. The average molecular weight is 656 g/mol. The van der Waals surface area contributed by atoms with E-state index in [0.717, 1.165) is 25.1 Å². The Morgan fingerprint density at radius 3 is 1.66 bits per heavy atom. The Morgan fingerprint density at radius 2 is 1.15 bits per heavy atom. The summed E-state index contributed by atoms with van der Waals surface area (Å²) in [5, 5.41) is 6.73. The fraction of sp³-hybridized carbons (Fsp3) is 0.718. The minimum atomic E-state index is -0.497. The van der Waals surface area contributed by atoms with Crippen LogP contribution in [0.4, 0.5) is 5.69 Å². The van der Waals surface area contributed by atoms with E-state index in [0.29, 0.717) is 36.4 Å². The van der Waals surface area contributed by atoms with Crippen molar-refractivity contribution in [1.82, 2.24) is 10.2 Å². The van der Waals surface area contributed by atoms with Crippen LogP contribution in [-0.4, -0.2) is 71.6 Å². The molecule has 8 nitrogen and oxygen atoms in total. The molecule has 1 rings (SSSR count). The van der Waals surface area contributed by atoms with E-state index < -0.39 is 6.04 Å². The van der Waals surface area contributed by atoms with Gasteiger partial charge >= 0.3 is 0 Å². The number of hydrogen-bond acceptors (Lipinski definition) is 8. The van der Waals surface area contributed by atoms with Crippen molar-refractivity contribution >= 4 is 34.6 Å². The van der Waals surface area contributed by atoms with Gasteiger partial charge in [0.2, 0.25) is 0 Å². The number of rotatable bonds is 24. The molecule has 0 amide bonds. The quantitative estimate of drug-likeness (QED) is 0.0873. The maximum absolute atomic E-state index is 13.6. The monoisotopic (exact) mass is 655 g/mol. The van der Waals surface area contributed by atoms with Crippen LogP contribution in [0, 0.1) is 29.6 Å². The molecule has 1 aromatic carbocycles. The van der Waals surface area contributed by atoms with Crippen LogP contribution in [0.25, 0.3) is 0 Å². The molecule has 0 aliphatic carbocycles. The second-order valence-corrected chi connectivity index (χ2v) is 15.0. The van der Waals surface area contributed by atoms with Gasteiger partial charge in [-0.25, -0.2) is 0 Å². The summed E-state index contributed by atoms with van der Waals surface area (Å²) in [6.07, 6.45) is 3.33. The van der Waals surface area contributed by atoms with Crippen molar-refractivity contribution in [1.29, 1.82) is 0 Å². The van der Waals surface area contributed by atoms with Gasteiger partial charge in [-0.3, -0.25) is 28.9 Å². The first-order chi connectivity index (χ1) is 21.8. The number of nitrogens with zero attached hydrogens (tertiary/aromatic N) is 1. The fourth-order valence-electron chi connectivity index (χ4n) is 5.50. The molecule has 8 heteroatoms. The second-order valence-electron chi connectivity index (χ2n) is 15.0. The summed E-state index contributed by atoms with van der Waals surface area (Å²) in [4.78, 5) is 68.2. The van der Waals surface area contributed by atoms with E-state index in [1.807, 2.05) is 74.1 Å². The third-order valence-electron chi connectivity index (χ3n) is 8.67. The molecule has 3 atom stereocenters. The molecule has 3 unspecified atom stereocenters. The number of unbranched alkanes of at least 4 members (excludes halogenated alkanes) is 1. The zero-order valence-electron chi connectivity index (χ0n) is 31.5. The number of anilines is 1. The Labute approximate surface area is 285 Å². The molecule has 0 aliphatic rings. The normalized spacial score (nSPS) is 13.9. The predicted molar refractivity (Wildman–Crippen MR) is 193 cm³/mol. The van der Waals surface area contributed by atoms with E-state index in [9.17, 15) is 24.0 Å². The lowest BCUT2D eigenvalue weighted by Gasteiger charge is -2.32. The number of nitrogens with one attached hydrogen (secondary N) is 2. The first-order valence-corrected chi connectivity index (χ1v) is 17.9. The van der Waals surface area contributed by atoms with Gasteiger partial charge in [0.1, 0.15) is 11.6 Å². The summed E-state index contributed by atoms with van der Waals surface area (Å²) >= 11 is 0. The van der Waals surface area contributed by atoms with E-state index in [2.05, 4.69) is 24.5 Å². The Balaban J connectivity index is 3.09. The smallest absolute Gasteiger partial charge is 0.165 e. The number of benzene rings is 1. The standard InChI is InChI=1S/C39H65N3O5/c1-24(2)35(43)22-42(34(38(46)26(5)6)15-13-14-18-40-27(7)8)23-36(44)29(11)16-17-30(12)39(47)32-19-31(37(45)25(3)4)20-33(21-32)41-28(9)10/h19-21,24-30,34,40-41H,13-18,22-23H2,1-12H3. The molecule has 0 fully saturated rings. The van der Waals surface area contributed by atoms with Crippen LogP contribution in [0.1, 0.15) is 136 Å². The molecule has 1 aromatic rings. The van der Waals surface area contributed by atoms with Crippen LogP contribution in [0.3, 0.4) is 0 Å². The maximum atomic E-state index is 13.6. The summed E-state index contributed by atoms with van der Waals surface area (Å²) < 4.78 is 0. The first-order valence-electron chi connectivity index (χ1n) is 17.9. The van der Waals surface area contributed by atoms with E-state index in [1.165, 1.54) is 0 Å². The van der Waals surface area contributed by atoms with E-state index in [4.69, 9.17) is 0 Å². The van der Waals surface area contributed by atoms with Gasteiger partial charge in [-0.05, 0) is 64.3 Å². The third kappa shape index (κ3) is 14.9. The topological polar surface area (TPSA) is 113 Å². The van der Waals surface area contributed by atoms with Crippen LogP contribution in [0.2, 0.25) is 0 Å². The van der Waals surface area contributed by atoms with Crippen LogP contribution in [-0.2, 0) is 14.4 Å². The van der Waals surface area contributed by atoms with Gasteiger partial charge in [-0.15, -0.1) is 0 Å². The Hall–Kier alpha value is -2.71. The summed E-state index contributed by atoms with van der Waals surface area (Å²) in [5.41, 5.74) is 1.74. The number of carbonyl (C=O) groups is 5. The molecule has 0 saturated carbocycles.